The Hall–Kier alpha value is -3.09. The van der Waals surface area contributed by atoms with Crippen LogP contribution in [0.3, 0.4) is 0 Å². The minimum atomic E-state index is -0.981. The number of amides is 2. The summed E-state index contributed by atoms with van der Waals surface area (Å²) >= 11 is 0. The van der Waals surface area contributed by atoms with Gasteiger partial charge in [-0.2, -0.15) is 0 Å². The number of ether oxygens (including phenoxy) is 1. The number of nitrogens with zero attached hydrogens (tertiary/aromatic N) is 3. The monoisotopic (exact) mass is 353 g/mol. The Bertz CT molecular complexity index is 820. The van der Waals surface area contributed by atoms with Crippen LogP contribution in [0.5, 0.6) is 11.6 Å². The third-order valence-electron chi connectivity index (χ3n) is 4.85. The van der Waals surface area contributed by atoms with Crippen LogP contribution in [0.4, 0.5) is 10.5 Å². The highest BCUT2D eigenvalue weighted by Crippen LogP contribution is 2.30. The summed E-state index contributed by atoms with van der Waals surface area (Å²) in [4.78, 5) is 31.4. The van der Waals surface area contributed by atoms with Crippen LogP contribution < -0.4 is 9.64 Å². The molecule has 7 nitrogen and oxygen atoms in total. The summed E-state index contributed by atoms with van der Waals surface area (Å²) in [6.45, 7) is 1.54. The second kappa shape index (κ2) is 6.67. The van der Waals surface area contributed by atoms with Crippen LogP contribution in [-0.4, -0.2) is 46.1 Å². The second-order valence-corrected chi connectivity index (χ2v) is 6.52. The van der Waals surface area contributed by atoms with Gasteiger partial charge in [-0.15, -0.1) is 0 Å². The van der Waals surface area contributed by atoms with Crippen LogP contribution in [0.1, 0.15) is 29.6 Å². The van der Waals surface area contributed by atoms with Crippen LogP contribution in [0.25, 0.3) is 0 Å². The van der Waals surface area contributed by atoms with Gasteiger partial charge in [0.15, 0.2) is 0 Å². The molecule has 1 N–H and O–H groups in total. The van der Waals surface area contributed by atoms with Gasteiger partial charge in [0, 0.05) is 19.2 Å². The zero-order valence-electron chi connectivity index (χ0n) is 14.2. The molecule has 1 atom stereocenters. The number of hydrogen-bond donors (Lipinski definition) is 1. The normalized spacial score (nSPS) is 19.4. The first kappa shape index (κ1) is 16.4. The highest BCUT2D eigenvalue weighted by molar-refractivity contribution is 5.94. The van der Waals surface area contributed by atoms with Gasteiger partial charge < -0.3 is 14.7 Å². The summed E-state index contributed by atoms with van der Waals surface area (Å²) in [6.07, 6.45) is 4.94. The van der Waals surface area contributed by atoms with Crippen molar-refractivity contribution in [1.29, 1.82) is 0 Å². The summed E-state index contributed by atoms with van der Waals surface area (Å²) < 4.78 is 5.63. The molecular formula is C19H19N3O4. The van der Waals surface area contributed by atoms with Crippen molar-refractivity contribution in [3.8, 4) is 11.6 Å². The van der Waals surface area contributed by atoms with Gasteiger partial charge in [-0.05, 0) is 49.6 Å². The molecule has 0 unspecified atom stereocenters. The van der Waals surface area contributed by atoms with E-state index in [1.165, 1.54) is 18.6 Å². The maximum absolute atomic E-state index is 12.5. The fourth-order valence-corrected chi connectivity index (χ4v) is 3.48. The fourth-order valence-electron chi connectivity index (χ4n) is 3.48. The number of fused-ring (bicyclic) bond motifs is 1. The van der Waals surface area contributed by atoms with Crippen LogP contribution in [0.15, 0.2) is 42.6 Å². The number of carboxylic acid groups (broad SMARTS) is 1. The Balaban J connectivity index is 1.45. The molecule has 0 saturated carbocycles. The first-order valence-corrected chi connectivity index (χ1v) is 8.67. The Morgan fingerprint density at radius 1 is 1.15 bits per heavy atom. The van der Waals surface area contributed by atoms with Crippen molar-refractivity contribution < 1.29 is 19.4 Å². The van der Waals surface area contributed by atoms with Gasteiger partial charge in [0.25, 0.3) is 0 Å². The Morgan fingerprint density at radius 2 is 1.96 bits per heavy atom. The highest BCUT2D eigenvalue weighted by atomic mass is 16.5. The molecule has 1 aromatic heterocycles. The maximum atomic E-state index is 12.5. The second-order valence-electron chi connectivity index (χ2n) is 6.52. The lowest BCUT2D eigenvalue weighted by Gasteiger charge is -2.27. The predicted octanol–water partition coefficient (Wildman–Crippen LogP) is 3.37. The first-order chi connectivity index (χ1) is 12.6. The average molecular weight is 353 g/mol. The van der Waals surface area contributed by atoms with E-state index in [9.17, 15) is 9.59 Å². The molecule has 2 fully saturated rings. The Kier molecular flexibility index (Phi) is 4.20. The van der Waals surface area contributed by atoms with Crippen molar-refractivity contribution >= 4 is 17.7 Å². The van der Waals surface area contributed by atoms with Gasteiger partial charge in [0.05, 0.1) is 23.5 Å². The summed E-state index contributed by atoms with van der Waals surface area (Å²) in [7, 11) is 0. The molecular weight excluding hydrogens is 334 g/mol. The molecule has 0 bridgehead atoms. The number of benzene rings is 1. The van der Waals surface area contributed by atoms with Crippen LogP contribution >= 0.6 is 0 Å². The molecule has 134 valence electrons. The van der Waals surface area contributed by atoms with Crippen molar-refractivity contribution in [1.82, 2.24) is 9.88 Å². The number of carboxylic acids is 1. The fraction of sp³-hybridized carbons (Fsp3) is 0.316. The quantitative estimate of drug-likeness (QED) is 0.911. The molecule has 0 radical (unpaired) electrons. The molecule has 3 heterocycles. The molecule has 2 aromatic rings. The number of urea groups is 1. The number of carbonyl (C=O) groups is 2. The van der Waals surface area contributed by atoms with E-state index in [1.54, 1.807) is 29.3 Å². The number of carbonyl (C=O) groups excluding carboxylic acids is 1. The van der Waals surface area contributed by atoms with E-state index >= 15 is 0 Å². The van der Waals surface area contributed by atoms with Crippen molar-refractivity contribution in [2.24, 2.45) is 0 Å². The lowest BCUT2D eigenvalue weighted by atomic mass is 10.0. The average Bonchev–Trinajstić information content (AvgIpc) is 3.00. The van der Waals surface area contributed by atoms with Gasteiger partial charge in [-0.3, -0.25) is 4.90 Å². The van der Waals surface area contributed by atoms with E-state index in [2.05, 4.69) is 4.98 Å². The van der Waals surface area contributed by atoms with E-state index in [0.29, 0.717) is 24.2 Å². The first-order valence-electron chi connectivity index (χ1n) is 8.67. The number of pyridine rings is 1. The SMILES string of the molecule is O=C(O)c1ccc(Oc2ccc(N3C[C@@H]4CCCCN4C3=O)cn2)cc1. The van der Waals surface area contributed by atoms with Crippen molar-refractivity contribution in [3.63, 3.8) is 0 Å². The summed E-state index contributed by atoms with van der Waals surface area (Å²) in [5.41, 5.74) is 0.961. The van der Waals surface area contributed by atoms with Crippen molar-refractivity contribution in [2.45, 2.75) is 25.3 Å². The molecule has 2 saturated heterocycles. The molecule has 4 rings (SSSR count). The summed E-state index contributed by atoms with van der Waals surface area (Å²) in [5.74, 6) is -0.0866. The third-order valence-corrected chi connectivity index (χ3v) is 4.85. The lowest BCUT2D eigenvalue weighted by Crippen LogP contribution is -2.38. The van der Waals surface area contributed by atoms with E-state index in [4.69, 9.17) is 9.84 Å². The minimum absolute atomic E-state index is 0.0504. The zero-order valence-corrected chi connectivity index (χ0v) is 14.2. The third kappa shape index (κ3) is 3.08. The molecule has 26 heavy (non-hydrogen) atoms. The molecule has 2 aliphatic heterocycles. The predicted molar refractivity (Wildman–Crippen MR) is 94.8 cm³/mol. The van der Waals surface area contributed by atoms with Crippen LogP contribution in [-0.2, 0) is 0 Å². The molecule has 1 aromatic carbocycles. The van der Waals surface area contributed by atoms with Crippen molar-refractivity contribution in [2.75, 3.05) is 18.0 Å². The highest BCUT2D eigenvalue weighted by Gasteiger charge is 2.39. The molecule has 7 heteroatoms. The van der Waals surface area contributed by atoms with Gasteiger partial charge in [0.1, 0.15) is 5.75 Å². The van der Waals surface area contributed by atoms with Gasteiger partial charge in [-0.25, -0.2) is 14.6 Å². The maximum Gasteiger partial charge on any atom is 0.335 e. The standard InChI is InChI=1S/C19H19N3O4/c23-18(24)13-4-7-16(8-5-13)26-17-9-6-14(11-20-17)22-12-15-3-1-2-10-21(15)19(22)25/h4-9,11,15H,1-3,10,12H2,(H,23,24)/t15-/m0/s1. The van der Waals surface area contributed by atoms with E-state index in [1.807, 2.05) is 11.0 Å². The number of hydrogen-bond acceptors (Lipinski definition) is 4. The number of anilines is 1. The summed E-state index contributed by atoms with van der Waals surface area (Å²) in [5, 5.41) is 8.91. The number of aromatic carboxylic acids is 1. The Morgan fingerprint density at radius 3 is 2.62 bits per heavy atom. The van der Waals surface area contributed by atoms with E-state index in [0.717, 1.165) is 25.1 Å². The molecule has 2 amide bonds. The number of rotatable bonds is 4. The summed E-state index contributed by atoms with van der Waals surface area (Å²) in [6, 6.07) is 10.0. The zero-order chi connectivity index (χ0) is 18.1. The molecule has 0 spiro atoms. The molecule has 2 aliphatic rings. The minimum Gasteiger partial charge on any atom is -0.478 e. The van der Waals surface area contributed by atoms with E-state index < -0.39 is 5.97 Å². The number of aromatic nitrogens is 1. The van der Waals surface area contributed by atoms with Crippen LogP contribution in [0, 0.1) is 0 Å². The molecule has 0 aliphatic carbocycles. The van der Waals surface area contributed by atoms with Gasteiger partial charge in [0.2, 0.25) is 5.88 Å². The topological polar surface area (TPSA) is 83.0 Å². The largest absolute Gasteiger partial charge is 0.478 e. The lowest BCUT2D eigenvalue weighted by molar-refractivity contribution is 0.0697. The van der Waals surface area contributed by atoms with Crippen LogP contribution in [0.2, 0.25) is 0 Å². The Labute approximate surface area is 150 Å². The van der Waals surface area contributed by atoms with E-state index in [-0.39, 0.29) is 11.6 Å². The smallest absolute Gasteiger partial charge is 0.335 e. The number of piperidine rings is 1. The van der Waals surface area contributed by atoms with Gasteiger partial charge in [-0.1, -0.05) is 0 Å². The van der Waals surface area contributed by atoms with Crippen molar-refractivity contribution in [3.05, 3.63) is 48.2 Å². The van der Waals surface area contributed by atoms with Gasteiger partial charge >= 0.3 is 12.0 Å².